The second-order valence-corrected chi connectivity index (χ2v) is 6.63. The Balaban J connectivity index is 2.28. The van der Waals surface area contributed by atoms with Crippen molar-refractivity contribution in [3.63, 3.8) is 0 Å². The smallest absolute Gasteiger partial charge is 0.412 e. The fourth-order valence-corrected chi connectivity index (χ4v) is 3.44. The van der Waals surface area contributed by atoms with E-state index in [9.17, 15) is 14.7 Å². The van der Waals surface area contributed by atoms with Crippen molar-refractivity contribution in [1.82, 2.24) is 9.80 Å². The summed E-state index contributed by atoms with van der Waals surface area (Å²) in [6.45, 7) is 0. The average molecular weight is 375 g/mol. The maximum absolute atomic E-state index is 12.0. The number of alkyl halides is 1. The highest BCUT2D eigenvalue weighted by atomic mass is 35.5. The third-order valence-electron chi connectivity index (χ3n) is 4.47. The van der Waals surface area contributed by atoms with Crippen LogP contribution in [0.2, 0.25) is 0 Å². The Labute approximate surface area is 156 Å². The number of carbonyl (C=O) groups excluding carboxylic acids is 1. The number of ketones is 1. The van der Waals surface area contributed by atoms with Crippen LogP contribution in [0.1, 0.15) is 12.0 Å². The lowest BCUT2D eigenvalue weighted by Gasteiger charge is -2.36. The zero-order valence-corrected chi connectivity index (χ0v) is 15.4. The molecular weight excluding hydrogens is 356 g/mol. The number of halogens is 1. The first-order valence-corrected chi connectivity index (χ1v) is 8.45. The largest absolute Gasteiger partial charge is 0.497 e. The monoisotopic (exact) mass is 374 g/mol. The summed E-state index contributed by atoms with van der Waals surface area (Å²) in [4.78, 5) is 26.6. The predicted molar refractivity (Wildman–Crippen MR) is 98.9 cm³/mol. The van der Waals surface area contributed by atoms with Crippen molar-refractivity contribution in [2.24, 2.45) is 0 Å². The van der Waals surface area contributed by atoms with Gasteiger partial charge in [0.2, 0.25) is 0 Å². The number of ether oxygens (including phenoxy) is 1. The molecule has 0 bridgehead atoms. The molecule has 3 rings (SSSR count). The molecule has 1 aliphatic carbocycles. The number of carboxylic acid groups (broad SMARTS) is 1. The normalized spacial score (nSPS) is 19.6. The average Bonchev–Trinajstić information content (AvgIpc) is 2.61. The molecule has 0 aromatic heterocycles. The van der Waals surface area contributed by atoms with Crippen LogP contribution in [0.4, 0.5) is 4.79 Å². The molecule has 0 radical (unpaired) electrons. The van der Waals surface area contributed by atoms with Gasteiger partial charge in [0.25, 0.3) is 0 Å². The van der Waals surface area contributed by atoms with E-state index in [2.05, 4.69) is 0 Å². The van der Waals surface area contributed by atoms with Crippen LogP contribution in [-0.2, 0) is 4.79 Å². The molecule has 1 aromatic carbocycles. The molecule has 0 fully saturated rings. The Hall–Kier alpha value is -2.73. The highest BCUT2D eigenvalue weighted by molar-refractivity contribution is 6.33. The number of allylic oxidation sites excluding steroid dienone is 4. The maximum atomic E-state index is 12.0. The SMILES string of the molecule is COc1cccc(C2=C(N(C)C(=O)O)N(C)C=C3CC(=O)C(Cl)C=C32)c1. The van der Waals surface area contributed by atoms with Gasteiger partial charge in [0.1, 0.15) is 16.9 Å². The standard InChI is InChI=1S/C19H19ClN2O4/c1-21-10-12-8-16(23)15(20)9-14(12)17(18(21)22(2)19(24)25)11-5-4-6-13(7-11)26-3/h4-7,9-10,15H,8H2,1-3H3,(H,24,25). The van der Waals surface area contributed by atoms with Crippen molar-refractivity contribution < 1.29 is 19.4 Å². The number of rotatable bonds is 3. The van der Waals surface area contributed by atoms with Crippen LogP contribution in [-0.4, -0.2) is 53.4 Å². The molecule has 6 nitrogen and oxygen atoms in total. The van der Waals surface area contributed by atoms with Crippen molar-refractivity contribution in [3.05, 3.63) is 59.1 Å². The molecule has 26 heavy (non-hydrogen) atoms. The van der Waals surface area contributed by atoms with E-state index < -0.39 is 11.5 Å². The van der Waals surface area contributed by atoms with Crippen molar-refractivity contribution in [2.75, 3.05) is 21.2 Å². The molecule has 1 amide bonds. The van der Waals surface area contributed by atoms with Gasteiger partial charge in [-0.25, -0.2) is 4.79 Å². The molecule has 136 valence electrons. The summed E-state index contributed by atoms with van der Waals surface area (Å²) >= 11 is 6.18. The topological polar surface area (TPSA) is 70.1 Å². The molecular formula is C19H19ClN2O4. The highest BCUT2D eigenvalue weighted by Gasteiger charge is 2.34. The van der Waals surface area contributed by atoms with E-state index in [1.807, 2.05) is 24.3 Å². The lowest BCUT2D eigenvalue weighted by Crippen LogP contribution is -2.36. The van der Waals surface area contributed by atoms with Crippen molar-refractivity contribution in [1.29, 1.82) is 0 Å². The second kappa shape index (κ2) is 6.88. The van der Waals surface area contributed by atoms with Gasteiger partial charge in [-0.2, -0.15) is 0 Å². The molecule has 1 aliphatic heterocycles. The van der Waals surface area contributed by atoms with Gasteiger partial charge in [-0.3, -0.25) is 9.69 Å². The zero-order chi connectivity index (χ0) is 19.0. The van der Waals surface area contributed by atoms with E-state index in [0.29, 0.717) is 17.1 Å². The van der Waals surface area contributed by atoms with Crippen LogP contribution in [0, 0.1) is 0 Å². The van der Waals surface area contributed by atoms with Gasteiger partial charge >= 0.3 is 6.09 Å². The van der Waals surface area contributed by atoms with Crippen LogP contribution in [0.5, 0.6) is 5.75 Å². The molecule has 0 spiro atoms. The summed E-state index contributed by atoms with van der Waals surface area (Å²) in [5.74, 6) is 1.06. The Morgan fingerprint density at radius 1 is 1.42 bits per heavy atom. The van der Waals surface area contributed by atoms with Gasteiger partial charge in [-0.05, 0) is 28.8 Å². The molecule has 2 aliphatic rings. The minimum absolute atomic E-state index is 0.0740. The quantitative estimate of drug-likeness (QED) is 0.822. The molecule has 1 unspecified atom stereocenters. The third-order valence-corrected chi connectivity index (χ3v) is 4.84. The molecule has 1 aromatic rings. The minimum Gasteiger partial charge on any atom is -0.497 e. The number of hydrogen-bond acceptors (Lipinski definition) is 4. The number of methoxy groups -OCH3 is 1. The van der Waals surface area contributed by atoms with Crippen molar-refractivity contribution in [2.45, 2.75) is 11.8 Å². The number of amides is 1. The van der Waals surface area contributed by atoms with Gasteiger partial charge in [0, 0.05) is 32.3 Å². The Kier molecular flexibility index (Phi) is 4.78. The number of benzene rings is 1. The molecule has 1 N–H and O–H groups in total. The third kappa shape index (κ3) is 3.08. The summed E-state index contributed by atoms with van der Waals surface area (Å²) in [5, 5.41) is 8.79. The summed E-state index contributed by atoms with van der Waals surface area (Å²) < 4.78 is 5.31. The zero-order valence-electron chi connectivity index (χ0n) is 14.7. The maximum Gasteiger partial charge on any atom is 0.412 e. The number of carbonyl (C=O) groups is 2. The fraction of sp³-hybridized carbons (Fsp3) is 0.263. The molecule has 1 heterocycles. The molecule has 1 atom stereocenters. The number of fused-ring (bicyclic) bond motifs is 1. The van der Waals surface area contributed by atoms with Crippen LogP contribution in [0.25, 0.3) is 5.57 Å². The van der Waals surface area contributed by atoms with E-state index in [0.717, 1.165) is 21.6 Å². The molecule has 7 heteroatoms. The van der Waals surface area contributed by atoms with Gasteiger partial charge in [0.15, 0.2) is 5.78 Å². The Bertz CT molecular complexity index is 872. The van der Waals surface area contributed by atoms with E-state index in [4.69, 9.17) is 16.3 Å². The van der Waals surface area contributed by atoms with Gasteiger partial charge < -0.3 is 14.7 Å². The first kappa shape index (κ1) is 18.1. The second-order valence-electron chi connectivity index (χ2n) is 6.16. The van der Waals surface area contributed by atoms with E-state index in [1.54, 1.807) is 31.3 Å². The number of hydrogen-bond donors (Lipinski definition) is 1. The Morgan fingerprint density at radius 2 is 2.15 bits per heavy atom. The van der Waals surface area contributed by atoms with Crippen LogP contribution in [0.3, 0.4) is 0 Å². The van der Waals surface area contributed by atoms with Crippen LogP contribution in [0.15, 0.2) is 53.5 Å². The summed E-state index contributed by atoms with van der Waals surface area (Å²) in [6.07, 6.45) is 2.60. The molecule has 0 saturated carbocycles. The summed E-state index contributed by atoms with van der Waals surface area (Å²) in [6, 6.07) is 7.37. The summed E-state index contributed by atoms with van der Waals surface area (Å²) in [7, 11) is 4.82. The minimum atomic E-state index is -1.08. The van der Waals surface area contributed by atoms with Gasteiger partial charge in [0.05, 0.1) is 7.11 Å². The van der Waals surface area contributed by atoms with Crippen molar-refractivity contribution >= 4 is 29.1 Å². The lowest BCUT2D eigenvalue weighted by molar-refractivity contribution is -0.117. The van der Waals surface area contributed by atoms with Crippen molar-refractivity contribution in [3.8, 4) is 5.75 Å². The van der Waals surface area contributed by atoms with E-state index in [-0.39, 0.29) is 12.2 Å². The lowest BCUT2D eigenvalue weighted by atomic mass is 9.83. The summed E-state index contributed by atoms with van der Waals surface area (Å²) in [5.41, 5.74) is 3.08. The van der Waals surface area contributed by atoms with Gasteiger partial charge in [-0.1, -0.05) is 18.2 Å². The van der Waals surface area contributed by atoms with Crippen LogP contribution < -0.4 is 4.74 Å². The van der Waals surface area contributed by atoms with Gasteiger partial charge in [-0.15, -0.1) is 11.6 Å². The molecule has 0 saturated heterocycles. The first-order valence-electron chi connectivity index (χ1n) is 8.01. The number of nitrogens with zero attached hydrogens (tertiary/aromatic N) is 2. The van der Waals surface area contributed by atoms with E-state index in [1.165, 1.54) is 7.05 Å². The Morgan fingerprint density at radius 3 is 2.81 bits per heavy atom. The van der Waals surface area contributed by atoms with Crippen LogP contribution >= 0.6 is 11.6 Å². The highest BCUT2D eigenvalue weighted by Crippen LogP contribution is 2.42. The van der Waals surface area contributed by atoms with E-state index >= 15 is 0 Å². The first-order chi connectivity index (χ1) is 12.3. The predicted octanol–water partition coefficient (Wildman–Crippen LogP) is 3.31. The fourth-order valence-electron chi connectivity index (χ4n) is 3.24. The number of Topliss-reactive ketones (excluding diaryl/α,β-unsaturated/α-hetero) is 1.